The first-order valence-corrected chi connectivity index (χ1v) is 5.26. The van der Waals surface area contributed by atoms with Crippen LogP contribution in [0, 0.1) is 0 Å². The number of carbonyl (C=O) groups excluding carboxylic acids is 1. The molecule has 0 atom stereocenters. The van der Waals surface area contributed by atoms with E-state index < -0.39 is 0 Å². The Kier molecular flexibility index (Phi) is 4.80. The van der Waals surface area contributed by atoms with Crippen LogP contribution < -0.4 is 0 Å². The van der Waals surface area contributed by atoms with Crippen LogP contribution in [0.3, 0.4) is 0 Å². The lowest BCUT2D eigenvalue weighted by Gasteiger charge is -2.09. The highest BCUT2D eigenvalue weighted by Gasteiger charge is 2.10. The van der Waals surface area contributed by atoms with E-state index in [9.17, 15) is 4.79 Å². The average molecular weight is 237 g/mol. The lowest BCUT2D eigenvalue weighted by molar-refractivity contribution is -0.134. The summed E-state index contributed by atoms with van der Waals surface area (Å²) < 4.78 is 5.11. The van der Waals surface area contributed by atoms with E-state index in [0.29, 0.717) is 17.2 Å². The van der Waals surface area contributed by atoms with Crippen LogP contribution >= 0.6 is 11.6 Å². The summed E-state index contributed by atoms with van der Waals surface area (Å²) in [6, 6.07) is 9.28. The minimum atomic E-state index is -0.388. The number of rotatable bonds is 4. The first-order valence-electron chi connectivity index (χ1n) is 4.88. The maximum Gasteiger partial charge on any atom is 0.308 e. The summed E-state index contributed by atoms with van der Waals surface area (Å²) in [5.41, 5.74) is 0.782. The molecule has 0 aliphatic carbocycles. The first kappa shape index (κ1) is 12.5. The lowest BCUT2D eigenvalue weighted by Crippen LogP contribution is -2.00. The van der Waals surface area contributed by atoms with Gasteiger partial charge in [-0.25, -0.2) is 0 Å². The fourth-order valence-corrected chi connectivity index (χ4v) is 1.48. The lowest BCUT2D eigenvalue weighted by atomic mass is 10.1. The maximum atomic E-state index is 11.0. The molecule has 0 heterocycles. The monoisotopic (exact) mass is 236 g/mol. The van der Waals surface area contributed by atoms with Crippen molar-refractivity contribution in [1.82, 2.24) is 0 Å². The van der Waals surface area contributed by atoms with Crippen molar-refractivity contribution in [2.45, 2.75) is 13.3 Å². The van der Waals surface area contributed by atoms with Crippen LogP contribution in [0.5, 0.6) is 0 Å². The number of hydrogen-bond donors (Lipinski definition) is 0. The van der Waals surface area contributed by atoms with Crippen LogP contribution in [0.15, 0.2) is 48.0 Å². The Morgan fingerprint density at radius 3 is 2.56 bits per heavy atom. The van der Waals surface area contributed by atoms with Gasteiger partial charge >= 0.3 is 5.97 Å². The maximum absolute atomic E-state index is 11.0. The summed E-state index contributed by atoms with van der Waals surface area (Å²) in [5, 5.41) is 0.469. The van der Waals surface area contributed by atoms with Gasteiger partial charge in [-0.3, -0.25) is 4.79 Å². The Balaban J connectivity index is 3.10. The fourth-order valence-electron chi connectivity index (χ4n) is 1.22. The molecule has 0 spiro atoms. The molecule has 0 aliphatic heterocycles. The molecular weight excluding hydrogens is 224 g/mol. The van der Waals surface area contributed by atoms with Gasteiger partial charge in [0.2, 0.25) is 0 Å². The molecule has 0 aliphatic rings. The number of hydrogen-bond acceptors (Lipinski definition) is 2. The molecule has 2 nitrogen and oxygen atoms in total. The minimum absolute atomic E-state index is 0.388. The predicted molar refractivity (Wildman–Crippen MR) is 65.8 cm³/mol. The molecule has 0 radical (unpaired) electrons. The second-order valence-electron chi connectivity index (χ2n) is 3.19. The number of esters is 1. The quantitative estimate of drug-likeness (QED) is 0.452. The Morgan fingerprint density at radius 1 is 1.44 bits per heavy atom. The van der Waals surface area contributed by atoms with E-state index in [4.69, 9.17) is 16.3 Å². The summed E-state index contributed by atoms with van der Waals surface area (Å²) >= 11 is 6.06. The highest BCUT2D eigenvalue weighted by atomic mass is 35.5. The Labute approximate surface area is 100 Å². The van der Waals surface area contributed by atoms with Crippen LogP contribution in [0.1, 0.15) is 18.9 Å². The van der Waals surface area contributed by atoms with Gasteiger partial charge in [-0.1, -0.05) is 48.0 Å². The molecule has 0 amide bonds. The van der Waals surface area contributed by atoms with Crippen molar-refractivity contribution in [3.8, 4) is 0 Å². The van der Waals surface area contributed by atoms with Crippen molar-refractivity contribution in [3.63, 3.8) is 0 Å². The van der Waals surface area contributed by atoms with Gasteiger partial charge in [0.05, 0.1) is 5.03 Å². The topological polar surface area (TPSA) is 26.3 Å². The van der Waals surface area contributed by atoms with Gasteiger partial charge < -0.3 is 4.74 Å². The molecule has 3 heteroatoms. The third-order valence-corrected chi connectivity index (χ3v) is 2.18. The van der Waals surface area contributed by atoms with Gasteiger partial charge in [0.1, 0.15) is 0 Å². The third-order valence-electron chi connectivity index (χ3n) is 1.85. The number of allylic oxidation sites excluding steroid dienone is 2. The van der Waals surface area contributed by atoms with Crippen LogP contribution in [0.2, 0.25) is 0 Å². The molecule has 0 bridgehead atoms. The molecule has 1 aromatic carbocycles. The molecule has 84 valence electrons. The van der Waals surface area contributed by atoms with E-state index in [-0.39, 0.29) is 5.97 Å². The molecule has 0 saturated carbocycles. The van der Waals surface area contributed by atoms with E-state index in [1.54, 1.807) is 6.08 Å². The summed E-state index contributed by atoms with van der Waals surface area (Å²) in [4.78, 5) is 11.0. The first-order chi connectivity index (χ1) is 7.65. The molecule has 0 aromatic heterocycles. The van der Waals surface area contributed by atoms with Crippen LogP contribution in [0.25, 0.3) is 5.76 Å². The standard InChI is InChI=1S/C13H13ClO2/c1-3-7-12(14)13(16-10(2)15)11-8-5-4-6-9-11/h3-6,8-9H,1,7H2,2H3/b13-12-. The zero-order valence-electron chi connectivity index (χ0n) is 9.07. The van der Waals surface area contributed by atoms with Gasteiger partial charge in [-0.15, -0.1) is 6.58 Å². The normalized spacial score (nSPS) is 11.6. The van der Waals surface area contributed by atoms with E-state index in [1.165, 1.54) is 6.92 Å². The number of carbonyl (C=O) groups is 1. The van der Waals surface area contributed by atoms with E-state index >= 15 is 0 Å². The molecule has 1 aromatic rings. The van der Waals surface area contributed by atoms with Crippen LogP contribution in [0.4, 0.5) is 0 Å². The molecule has 0 fully saturated rings. The van der Waals surface area contributed by atoms with Gasteiger partial charge in [0.15, 0.2) is 5.76 Å². The predicted octanol–water partition coefficient (Wildman–Crippen LogP) is 3.73. The fraction of sp³-hybridized carbons (Fsp3) is 0.154. The van der Waals surface area contributed by atoms with Crippen molar-refractivity contribution < 1.29 is 9.53 Å². The van der Waals surface area contributed by atoms with Crippen molar-refractivity contribution in [2.24, 2.45) is 0 Å². The van der Waals surface area contributed by atoms with Crippen molar-refractivity contribution in [2.75, 3.05) is 0 Å². The van der Waals surface area contributed by atoms with E-state index in [0.717, 1.165) is 5.56 Å². The average Bonchev–Trinajstić information content (AvgIpc) is 2.27. The second-order valence-corrected chi connectivity index (χ2v) is 3.64. The zero-order chi connectivity index (χ0) is 12.0. The third kappa shape index (κ3) is 3.55. The van der Waals surface area contributed by atoms with Gasteiger partial charge in [0.25, 0.3) is 0 Å². The highest BCUT2D eigenvalue weighted by molar-refractivity contribution is 6.32. The molecule has 16 heavy (non-hydrogen) atoms. The van der Waals surface area contributed by atoms with E-state index in [1.807, 2.05) is 30.3 Å². The van der Waals surface area contributed by atoms with Gasteiger partial charge in [-0.2, -0.15) is 0 Å². The van der Waals surface area contributed by atoms with Crippen molar-refractivity contribution >= 4 is 23.3 Å². The molecule has 0 unspecified atom stereocenters. The van der Waals surface area contributed by atoms with Crippen LogP contribution in [-0.2, 0) is 9.53 Å². The van der Waals surface area contributed by atoms with Gasteiger partial charge in [-0.05, 0) is 0 Å². The summed E-state index contributed by atoms with van der Waals surface area (Å²) in [6.45, 7) is 4.95. The second kappa shape index (κ2) is 6.13. The Bertz CT molecular complexity index is 407. The summed E-state index contributed by atoms with van der Waals surface area (Å²) in [5.74, 6) is 0.00994. The van der Waals surface area contributed by atoms with Crippen molar-refractivity contribution in [1.29, 1.82) is 0 Å². The number of ether oxygens (including phenoxy) is 1. The zero-order valence-corrected chi connectivity index (χ0v) is 9.83. The SMILES string of the molecule is C=CC/C(Cl)=C(/OC(C)=O)c1ccccc1. The van der Waals surface area contributed by atoms with E-state index in [2.05, 4.69) is 6.58 Å². The molecule has 0 N–H and O–H groups in total. The Hall–Kier alpha value is -1.54. The summed E-state index contributed by atoms with van der Waals surface area (Å²) in [6.07, 6.45) is 2.13. The molecule has 0 saturated heterocycles. The van der Waals surface area contributed by atoms with Crippen LogP contribution in [-0.4, -0.2) is 5.97 Å². The highest BCUT2D eigenvalue weighted by Crippen LogP contribution is 2.25. The molecule has 1 rings (SSSR count). The molecular formula is C13H13ClO2. The van der Waals surface area contributed by atoms with Crippen molar-refractivity contribution in [3.05, 3.63) is 53.6 Å². The summed E-state index contributed by atoms with van der Waals surface area (Å²) in [7, 11) is 0. The number of benzene rings is 1. The number of halogens is 1. The van der Waals surface area contributed by atoms with Gasteiger partial charge in [0, 0.05) is 18.9 Å². The Morgan fingerprint density at radius 2 is 2.06 bits per heavy atom. The smallest absolute Gasteiger partial charge is 0.308 e. The minimum Gasteiger partial charge on any atom is -0.425 e. The largest absolute Gasteiger partial charge is 0.425 e.